The molecule has 1 atom stereocenters. The fraction of sp³-hybridized carbons (Fsp3) is 0.500. The van der Waals surface area contributed by atoms with E-state index in [1.54, 1.807) is 25.5 Å². The number of halogens is 1. The maximum absolute atomic E-state index is 14.3. The number of nitrogens with one attached hydrogen (secondary N) is 2. The molecule has 7 heteroatoms. The minimum Gasteiger partial charge on any atom is -0.405 e. The first-order valence-electron chi connectivity index (χ1n) is 11.2. The van der Waals surface area contributed by atoms with E-state index in [0.29, 0.717) is 25.4 Å². The number of allylic oxidation sites excluding steroid dienone is 2. The SMILES string of the molecule is CN/C=C(\CN)c1cc(F)cc(CCC2=C(/C=C\N)NC(C3CCCC3)N2CCO)c1. The van der Waals surface area contributed by atoms with Gasteiger partial charge in [0.15, 0.2) is 0 Å². The predicted octanol–water partition coefficient (Wildman–Crippen LogP) is 2.38. The van der Waals surface area contributed by atoms with Crippen LogP contribution in [0.1, 0.15) is 43.2 Å². The van der Waals surface area contributed by atoms with E-state index in [0.717, 1.165) is 34.5 Å². The number of nitrogens with two attached hydrogens (primary N) is 2. The summed E-state index contributed by atoms with van der Waals surface area (Å²) >= 11 is 0. The number of aryl methyl sites for hydroxylation is 1. The second kappa shape index (κ2) is 11.2. The molecule has 0 spiro atoms. The Hall–Kier alpha value is -2.51. The summed E-state index contributed by atoms with van der Waals surface area (Å²) < 4.78 is 14.3. The van der Waals surface area contributed by atoms with Gasteiger partial charge in [-0.15, -0.1) is 0 Å². The minimum atomic E-state index is -0.264. The lowest BCUT2D eigenvalue weighted by Gasteiger charge is -2.32. The highest BCUT2D eigenvalue weighted by Gasteiger charge is 2.36. The number of aliphatic hydroxyl groups is 1. The maximum Gasteiger partial charge on any atom is 0.124 e. The van der Waals surface area contributed by atoms with Gasteiger partial charge in [0.1, 0.15) is 12.0 Å². The standard InChI is InChI=1S/C24H36FN5O/c1-28-16-20(15-27)19-12-17(13-21(25)14-19)6-7-23-22(8-9-26)29-24(30(23)10-11-31)18-4-2-3-5-18/h8-9,12-14,16,18,24,28-29,31H,2-7,10-11,15,26-27H2,1H3/b9-8-,20-16+. The van der Waals surface area contributed by atoms with Gasteiger partial charge >= 0.3 is 0 Å². The zero-order chi connectivity index (χ0) is 22.2. The van der Waals surface area contributed by atoms with Crippen molar-refractivity contribution in [1.29, 1.82) is 0 Å². The molecule has 6 nitrogen and oxygen atoms in total. The van der Waals surface area contributed by atoms with Gasteiger partial charge in [-0.05, 0) is 72.7 Å². The molecule has 1 heterocycles. The van der Waals surface area contributed by atoms with Gasteiger partial charge in [-0.2, -0.15) is 0 Å². The summed E-state index contributed by atoms with van der Waals surface area (Å²) in [6.07, 6.45) is 11.7. The van der Waals surface area contributed by atoms with E-state index >= 15 is 0 Å². The summed E-state index contributed by atoms with van der Waals surface area (Å²) in [5, 5.41) is 16.3. The van der Waals surface area contributed by atoms with E-state index in [4.69, 9.17) is 11.5 Å². The molecule has 1 unspecified atom stereocenters. The first-order valence-corrected chi connectivity index (χ1v) is 11.2. The van der Waals surface area contributed by atoms with Crippen LogP contribution < -0.4 is 22.1 Å². The minimum absolute atomic E-state index is 0.0901. The van der Waals surface area contributed by atoms with Crippen LogP contribution in [0.2, 0.25) is 0 Å². The van der Waals surface area contributed by atoms with Crippen LogP contribution >= 0.6 is 0 Å². The van der Waals surface area contributed by atoms with Crippen molar-refractivity contribution in [1.82, 2.24) is 15.5 Å². The molecular weight excluding hydrogens is 393 g/mol. The normalized spacial score (nSPS) is 20.2. The summed E-state index contributed by atoms with van der Waals surface area (Å²) in [6.45, 7) is 0.993. The topological polar surface area (TPSA) is 99.6 Å². The summed E-state index contributed by atoms with van der Waals surface area (Å²) in [7, 11) is 1.80. The van der Waals surface area contributed by atoms with Crippen molar-refractivity contribution < 1.29 is 9.50 Å². The van der Waals surface area contributed by atoms with E-state index in [2.05, 4.69) is 15.5 Å². The lowest BCUT2D eigenvalue weighted by Crippen LogP contribution is -2.43. The van der Waals surface area contributed by atoms with Gasteiger partial charge in [0, 0.05) is 32.0 Å². The molecule has 0 bridgehead atoms. The van der Waals surface area contributed by atoms with Crippen LogP contribution in [0.25, 0.3) is 5.57 Å². The Morgan fingerprint density at radius 3 is 2.71 bits per heavy atom. The number of aliphatic hydroxyl groups excluding tert-OH is 1. The molecule has 31 heavy (non-hydrogen) atoms. The van der Waals surface area contributed by atoms with Gasteiger partial charge in [-0.25, -0.2) is 4.39 Å². The molecule has 0 saturated heterocycles. The van der Waals surface area contributed by atoms with E-state index in [9.17, 15) is 9.50 Å². The molecule has 2 aliphatic rings. The van der Waals surface area contributed by atoms with Gasteiger partial charge in [-0.3, -0.25) is 0 Å². The average molecular weight is 430 g/mol. The largest absolute Gasteiger partial charge is 0.405 e. The molecule has 1 aromatic rings. The van der Waals surface area contributed by atoms with Crippen molar-refractivity contribution in [3.05, 3.63) is 65.0 Å². The second-order valence-electron chi connectivity index (χ2n) is 8.28. The Balaban J connectivity index is 1.83. The lowest BCUT2D eigenvalue weighted by molar-refractivity contribution is 0.147. The smallest absolute Gasteiger partial charge is 0.124 e. The van der Waals surface area contributed by atoms with Crippen LogP contribution in [0.5, 0.6) is 0 Å². The van der Waals surface area contributed by atoms with Gasteiger partial charge in [-0.1, -0.05) is 18.9 Å². The Kier molecular flexibility index (Phi) is 8.37. The van der Waals surface area contributed by atoms with Gasteiger partial charge in [0.05, 0.1) is 12.3 Å². The van der Waals surface area contributed by atoms with Crippen LogP contribution in [0.4, 0.5) is 4.39 Å². The molecule has 1 fully saturated rings. The highest BCUT2D eigenvalue weighted by molar-refractivity contribution is 5.67. The first kappa shape index (κ1) is 23.2. The monoisotopic (exact) mass is 429 g/mol. The fourth-order valence-corrected chi connectivity index (χ4v) is 4.87. The summed E-state index contributed by atoms with van der Waals surface area (Å²) in [6, 6.07) is 5.11. The lowest BCUT2D eigenvalue weighted by atomic mass is 9.99. The zero-order valence-corrected chi connectivity index (χ0v) is 18.4. The predicted molar refractivity (Wildman–Crippen MR) is 124 cm³/mol. The number of rotatable bonds is 10. The average Bonchev–Trinajstić information content (AvgIpc) is 3.39. The van der Waals surface area contributed by atoms with Gasteiger partial charge < -0.3 is 32.1 Å². The number of benzene rings is 1. The third-order valence-electron chi connectivity index (χ3n) is 6.26. The molecule has 1 aromatic carbocycles. The van der Waals surface area contributed by atoms with Crippen molar-refractivity contribution in [2.45, 2.75) is 44.7 Å². The summed E-state index contributed by atoms with van der Waals surface area (Å²) in [5.74, 6) is 0.296. The molecule has 1 aliphatic carbocycles. The number of hydrogen-bond donors (Lipinski definition) is 5. The first-order chi connectivity index (χ1) is 15.1. The van der Waals surface area contributed by atoms with Crippen molar-refractivity contribution in [3.63, 3.8) is 0 Å². The van der Waals surface area contributed by atoms with Crippen LogP contribution in [0.3, 0.4) is 0 Å². The zero-order valence-electron chi connectivity index (χ0n) is 18.4. The Morgan fingerprint density at radius 2 is 2.06 bits per heavy atom. The third kappa shape index (κ3) is 5.60. The van der Waals surface area contributed by atoms with E-state index in [1.165, 1.54) is 31.7 Å². The summed E-state index contributed by atoms with van der Waals surface area (Å²) in [5.41, 5.74) is 16.3. The van der Waals surface area contributed by atoms with Crippen LogP contribution in [-0.4, -0.2) is 42.9 Å². The molecule has 7 N–H and O–H groups in total. The number of β-amino-alcohol motifs (C(OH)–C–C–N with tert-alkyl or cyclic N) is 1. The Labute approximate surface area is 184 Å². The highest BCUT2D eigenvalue weighted by Crippen LogP contribution is 2.36. The van der Waals surface area contributed by atoms with Gasteiger partial charge in [0.2, 0.25) is 0 Å². The Bertz CT molecular complexity index is 829. The van der Waals surface area contributed by atoms with Crippen LogP contribution in [-0.2, 0) is 6.42 Å². The van der Waals surface area contributed by atoms with Crippen molar-refractivity contribution in [3.8, 4) is 0 Å². The quantitative estimate of drug-likeness (QED) is 0.392. The van der Waals surface area contributed by atoms with Crippen molar-refractivity contribution in [2.75, 3.05) is 26.7 Å². The molecule has 3 rings (SSSR count). The van der Waals surface area contributed by atoms with E-state index in [1.807, 2.05) is 12.1 Å². The van der Waals surface area contributed by atoms with Gasteiger partial charge in [0.25, 0.3) is 0 Å². The molecule has 0 radical (unpaired) electrons. The van der Waals surface area contributed by atoms with E-state index < -0.39 is 0 Å². The molecule has 1 aliphatic heterocycles. The molecule has 1 saturated carbocycles. The molecular formula is C24H36FN5O. The van der Waals surface area contributed by atoms with Crippen molar-refractivity contribution >= 4 is 5.57 Å². The van der Waals surface area contributed by atoms with E-state index in [-0.39, 0.29) is 18.6 Å². The third-order valence-corrected chi connectivity index (χ3v) is 6.26. The second-order valence-corrected chi connectivity index (χ2v) is 8.28. The fourth-order valence-electron chi connectivity index (χ4n) is 4.87. The maximum atomic E-state index is 14.3. The number of nitrogens with zero attached hydrogens (tertiary/aromatic N) is 1. The molecule has 170 valence electrons. The highest BCUT2D eigenvalue weighted by atomic mass is 19.1. The van der Waals surface area contributed by atoms with Crippen LogP contribution in [0.15, 0.2) is 48.1 Å². The van der Waals surface area contributed by atoms with Crippen molar-refractivity contribution in [2.24, 2.45) is 17.4 Å². The molecule has 0 amide bonds. The molecule has 0 aromatic heterocycles. The Morgan fingerprint density at radius 1 is 1.29 bits per heavy atom. The number of hydrogen-bond acceptors (Lipinski definition) is 6. The van der Waals surface area contributed by atoms with Crippen LogP contribution in [0, 0.1) is 11.7 Å². The summed E-state index contributed by atoms with van der Waals surface area (Å²) in [4.78, 5) is 2.29.